The van der Waals surface area contributed by atoms with Crippen molar-refractivity contribution in [2.24, 2.45) is 5.41 Å². The number of alkyl halides is 3. The van der Waals surface area contributed by atoms with Gasteiger partial charge in [-0.2, -0.15) is 0 Å². The molecule has 1 aliphatic rings. The van der Waals surface area contributed by atoms with Gasteiger partial charge in [-0.15, -0.1) is 0 Å². The minimum absolute atomic E-state index is 0.0570. The van der Waals surface area contributed by atoms with Gasteiger partial charge in [0.1, 0.15) is 0 Å². The third kappa shape index (κ3) is 2.54. The second kappa shape index (κ2) is 4.80. The normalized spacial score (nSPS) is 18.8. The van der Waals surface area contributed by atoms with Gasteiger partial charge >= 0.3 is 0 Å². The van der Waals surface area contributed by atoms with Crippen molar-refractivity contribution < 1.29 is 0 Å². The third-order valence-electron chi connectivity index (χ3n) is 4.42. The molecule has 2 aromatic carbocycles. The molecular formula is C17H17Cl3. The van der Waals surface area contributed by atoms with Crippen LogP contribution in [0, 0.1) is 5.41 Å². The first kappa shape index (κ1) is 14.5. The van der Waals surface area contributed by atoms with Crippen LogP contribution in [0.3, 0.4) is 0 Å². The van der Waals surface area contributed by atoms with Crippen LogP contribution in [0.2, 0.25) is 0 Å². The van der Waals surface area contributed by atoms with Crippen molar-refractivity contribution in [2.45, 2.75) is 36.4 Å². The minimum Gasteiger partial charge on any atom is -0.0837 e. The fraction of sp³-hybridized carbons (Fsp3) is 0.412. The molecule has 1 aliphatic carbocycles. The molecule has 1 atom stereocenters. The molecular weight excluding hydrogens is 311 g/mol. The lowest BCUT2D eigenvalue weighted by Gasteiger charge is -2.35. The molecule has 1 unspecified atom stereocenters. The smallest absolute Gasteiger partial charge is 0.0837 e. The van der Waals surface area contributed by atoms with Gasteiger partial charge in [-0.25, -0.2) is 0 Å². The van der Waals surface area contributed by atoms with E-state index >= 15 is 0 Å². The van der Waals surface area contributed by atoms with Crippen molar-refractivity contribution in [1.29, 1.82) is 0 Å². The SMILES string of the molecule is CC(C)(CC(Cl)(Cl)Cl)C1Cc2cccc3cccc1c23. The molecule has 0 heterocycles. The molecule has 0 spiro atoms. The van der Waals surface area contributed by atoms with E-state index in [1.165, 1.54) is 21.9 Å². The van der Waals surface area contributed by atoms with E-state index in [9.17, 15) is 0 Å². The highest BCUT2D eigenvalue weighted by Crippen LogP contribution is 2.52. The van der Waals surface area contributed by atoms with Crippen LogP contribution in [0.4, 0.5) is 0 Å². The van der Waals surface area contributed by atoms with Crippen molar-refractivity contribution in [3.05, 3.63) is 47.5 Å². The lowest BCUT2D eigenvalue weighted by Crippen LogP contribution is -2.27. The highest BCUT2D eigenvalue weighted by molar-refractivity contribution is 6.67. The van der Waals surface area contributed by atoms with E-state index in [0.29, 0.717) is 12.3 Å². The van der Waals surface area contributed by atoms with Crippen LogP contribution in [-0.4, -0.2) is 3.79 Å². The van der Waals surface area contributed by atoms with Crippen molar-refractivity contribution in [3.8, 4) is 0 Å². The van der Waals surface area contributed by atoms with Gasteiger partial charge in [0.15, 0.2) is 3.79 Å². The molecule has 106 valence electrons. The van der Waals surface area contributed by atoms with E-state index < -0.39 is 3.79 Å². The summed E-state index contributed by atoms with van der Waals surface area (Å²) in [5, 5.41) is 2.71. The van der Waals surface area contributed by atoms with Crippen LogP contribution in [-0.2, 0) is 6.42 Å². The Labute approximate surface area is 135 Å². The molecule has 0 N–H and O–H groups in total. The highest BCUT2D eigenvalue weighted by Gasteiger charge is 2.40. The van der Waals surface area contributed by atoms with Gasteiger partial charge in [-0.1, -0.05) is 85.0 Å². The molecule has 0 bridgehead atoms. The van der Waals surface area contributed by atoms with Crippen LogP contribution in [0.5, 0.6) is 0 Å². The summed E-state index contributed by atoms with van der Waals surface area (Å²) in [7, 11) is 0. The Balaban J connectivity index is 2.06. The Bertz CT molecular complexity index is 648. The van der Waals surface area contributed by atoms with Gasteiger partial charge < -0.3 is 0 Å². The number of hydrogen-bond acceptors (Lipinski definition) is 0. The molecule has 0 aliphatic heterocycles. The second-order valence-corrected chi connectivity index (χ2v) is 8.92. The highest BCUT2D eigenvalue weighted by atomic mass is 35.6. The molecule has 20 heavy (non-hydrogen) atoms. The van der Waals surface area contributed by atoms with E-state index in [4.69, 9.17) is 34.8 Å². The van der Waals surface area contributed by atoms with Gasteiger partial charge in [0.25, 0.3) is 0 Å². The minimum atomic E-state index is -1.20. The molecule has 3 heteroatoms. The molecule has 3 rings (SSSR count). The zero-order valence-electron chi connectivity index (χ0n) is 11.6. The maximum atomic E-state index is 6.04. The lowest BCUT2D eigenvalue weighted by atomic mass is 9.73. The lowest BCUT2D eigenvalue weighted by molar-refractivity contribution is 0.268. The first-order chi connectivity index (χ1) is 9.28. The van der Waals surface area contributed by atoms with Crippen molar-refractivity contribution >= 4 is 45.6 Å². The standard InChI is InChI=1S/C17H17Cl3/c1-16(2,10-17(18,19)20)14-9-12-7-3-5-11-6-4-8-13(14)15(11)12/h3-8,14H,9-10H2,1-2H3. The molecule has 0 fully saturated rings. The van der Waals surface area contributed by atoms with Crippen LogP contribution in [0.25, 0.3) is 10.8 Å². The molecule has 0 amide bonds. The number of hydrogen-bond donors (Lipinski definition) is 0. The van der Waals surface area contributed by atoms with Crippen molar-refractivity contribution in [2.75, 3.05) is 0 Å². The number of rotatable bonds is 2. The molecule has 0 aromatic heterocycles. The Kier molecular flexibility index (Phi) is 3.48. The summed E-state index contributed by atoms with van der Waals surface area (Å²) in [6, 6.07) is 13.1. The van der Waals surface area contributed by atoms with Crippen LogP contribution in [0.1, 0.15) is 37.3 Å². The van der Waals surface area contributed by atoms with Gasteiger partial charge in [-0.3, -0.25) is 0 Å². The third-order valence-corrected chi connectivity index (χ3v) is 4.82. The summed E-state index contributed by atoms with van der Waals surface area (Å²) >= 11 is 18.1. The summed E-state index contributed by atoms with van der Waals surface area (Å²) in [6.07, 6.45) is 1.59. The van der Waals surface area contributed by atoms with E-state index in [1.807, 2.05) is 0 Å². The zero-order chi connectivity index (χ0) is 14.5. The number of halogens is 3. The second-order valence-electron chi connectivity index (χ2n) is 6.40. The molecule has 0 nitrogen and oxygen atoms in total. The van der Waals surface area contributed by atoms with Crippen LogP contribution in [0.15, 0.2) is 36.4 Å². The Hall–Kier alpha value is -0.430. The molecule has 2 aromatic rings. The summed E-state index contributed by atoms with van der Waals surface area (Å²) in [4.78, 5) is 0. The zero-order valence-corrected chi connectivity index (χ0v) is 13.9. The largest absolute Gasteiger partial charge is 0.191 e. The maximum absolute atomic E-state index is 6.04. The quantitative estimate of drug-likeness (QED) is 0.570. The molecule has 0 saturated heterocycles. The summed E-state index contributed by atoms with van der Waals surface area (Å²) in [6.45, 7) is 4.40. The number of benzene rings is 2. The van der Waals surface area contributed by atoms with Gasteiger partial charge in [0.2, 0.25) is 0 Å². The van der Waals surface area contributed by atoms with E-state index in [-0.39, 0.29) is 5.41 Å². The Morgan fingerprint density at radius 3 is 2.35 bits per heavy atom. The topological polar surface area (TPSA) is 0 Å². The fourth-order valence-electron chi connectivity index (χ4n) is 3.58. The van der Waals surface area contributed by atoms with Crippen LogP contribution >= 0.6 is 34.8 Å². The van der Waals surface area contributed by atoms with Crippen LogP contribution < -0.4 is 0 Å². The van der Waals surface area contributed by atoms with Gasteiger partial charge in [-0.05, 0) is 39.7 Å². The van der Waals surface area contributed by atoms with E-state index in [1.54, 1.807) is 0 Å². The first-order valence-electron chi connectivity index (χ1n) is 6.85. The van der Waals surface area contributed by atoms with E-state index in [2.05, 4.69) is 50.2 Å². The first-order valence-corrected chi connectivity index (χ1v) is 7.99. The summed E-state index contributed by atoms with van der Waals surface area (Å²) in [5.41, 5.74) is 2.76. The molecule has 0 saturated carbocycles. The van der Waals surface area contributed by atoms with Gasteiger partial charge in [0, 0.05) is 6.42 Å². The Morgan fingerprint density at radius 2 is 1.70 bits per heavy atom. The fourth-order valence-corrected chi connectivity index (χ4v) is 4.61. The van der Waals surface area contributed by atoms with E-state index in [0.717, 1.165) is 6.42 Å². The average molecular weight is 328 g/mol. The molecule has 0 radical (unpaired) electrons. The van der Waals surface area contributed by atoms with Crippen molar-refractivity contribution in [1.82, 2.24) is 0 Å². The van der Waals surface area contributed by atoms with Crippen molar-refractivity contribution in [3.63, 3.8) is 0 Å². The average Bonchev–Trinajstić information content (AvgIpc) is 2.69. The summed E-state index contributed by atoms with van der Waals surface area (Å²) in [5.74, 6) is 0.402. The maximum Gasteiger partial charge on any atom is 0.191 e. The van der Waals surface area contributed by atoms with Gasteiger partial charge in [0.05, 0.1) is 0 Å². The monoisotopic (exact) mass is 326 g/mol. The predicted molar refractivity (Wildman–Crippen MR) is 89.1 cm³/mol. The summed E-state index contributed by atoms with van der Waals surface area (Å²) < 4.78 is -1.20. The Morgan fingerprint density at radius 1 is 1.05 bits per heavy atom. The predicted octanol–water partition coefficient (Wildman–Crippen LogP) is 6.27.